The van der Waals surface area contributed by atoms with Gasteiger partial charge in [-0.3, -0.25) is 9.97 Å². The predicted molar refractivity (Wildman–Crippen MR) is 200 cm³/mol. The van der Waals surface area contributed by atoms with Gasteiger partial charge in [-0.15, -0.1) is 0 Å². The van der Waals surface area contributed by atoms with Crippen LogP contribution in [0.3, 0.4) is 0 Å². The smallest absolute Gasteiger partial charge is 0.155 e. The monoisotopic (exact) mass is 682 g/mol. The van der Waals surface area contributed by atoms with E-state index in [1.54, 1.807) is 0 Å². The standard InChI is InChI=1S/C40H34N12/c1-24-20-29-27(8-6-16-41-29)39-40(24)50(3)34(46-39)14-12-32-44-36-22-25(15-19-52(36)48-32)21-26-23-30-38(28-9-7-17-42-37(26)28)45-33(49(30)2)13-11-31-43-35-10-4-5-18-51(35)47-31/h4-10,15-20,22-23H,11-14,21H2,1-3H3. The highest BCUT2D eigenvalue weighted by Crippen LogP contribution is 2.30. The molecule has 0 aliphatic rings. The van der Waals surface area contributed by atoms with Gasteiger partial charge in [0.2, 0.25) is 0 Å². The van der Waals surface area contributed by atoms with Gasteiger partial charge in [-0.25, -0.2) is 29.0 Å². The SMILES string of the molecule is Cc1cc2ncccc2c2nc(CCc3nc4cc(Cc5cc6c(nc(CCc7nc8ccccn8n7)n6C)c6cccnc56)ccn4n3)n(C)c12. The Kier molecular flexibility index (Phi) is 6.85. The number of aryl methyl sites for hydroxylation is 7. The molecule has 10 aromatic rings. The lowest BCUT2D eigenvalue weighted by molar-refractivity contribution is 0.755. The average molecular weight is 683 g/mol. The summed E-state index contributed by atoms with van der Waals surface area (Å²) < 4.78 is 8.07. The molecule has 0 fully saturated rings. The Balaban J connectivity index is 0.918. The number of aromatic nitrogens is 12. The van der Waals surface area contributed by atoms with Gasteiger partial charge in [0.1, 0.15) is 11.6 Å². The van der Waals surface area contributed by atoms with Crippen molar-refractivity contribution in [3.05, 3.63) is 132 Å². The van der Waals surface area contributed by atoms with Gasteiger partial charge >= 0.3 is 0 Å². The molecule has 0 atom stereocenters. The van der Waals surface area contributed by atoms with Crippen LogP contribution in [-0.4, -0.2) is 58.3 Å². The van der Waals surface area contributed by atoms with Gasteiger partial charge in [-0.05, 0) is 90.7 Å². The van der Waals surface area contributed by atoms with Crippen LogP contribution in [0.1, 0.15) is 40.0 Å². The Morgan fingerprint density at radius 3 is 2.15 bits per heavy atom. The van der Waals surface area contributed by atoms with E-state index in [1.165, 1.54) is 5.56 Å². The molecule has 10 rings (SSSR count). The number of fused-ring (bicyclic) bond motifs is 8. The van der Waals surface area contributed by atoms with Gasteiger partial charge in [-0.2, -0.15) is 10.2 Å². The molecule has 12 nitrogen and oxygen atoms in total. The number of nitrogens with zero attached hydrogens (tertiary/aromatic N) is 12. The van der Waals surface area contributed by atoms with Gasteiger partial charge in [0.05, 0.1) is 33.1 Å². The Hall–Kier alpha value is -6.56. The molecule has 254 valence electrons. The molecule has 0 amide bonds. The molecule has 0 saturated carbocycles. The molecular weight excluding hydrogens is 649 g/mol. The first-order valence-electron chi connectivity index (χ1n) is 17.5. The van der Waals surface area contributed by atoms with Crippen molar-refractivity contribution in [2.24, 2.45) is 14.1 Å². The minimum Gasteiger partial charge on any atom is -0.331 e. The summed E-state index contributed by atoms with van der Waals surface area (Å²) in [4.78, 5) is 29.2. The molecule has 0 radical (unpaired) electrons. The second-order valence-corrected chi connectivity index (χ2v) is 13.5. The summed E-state index contributed by atoms with van der Waals surface area (Å²) in [6, 6.07) is 22.7. The lowest BCUT2D eigenvalue weighted by Crippen LogP contribution is -2.02. The van der Waals surface area contributed by atoms with E-state index in [9.17, 15) is 0 Å². The fourth-order valence-electron chi connectivity index (χ4n) is 7.62. The van der Waals surface area contributed by atoms with Gasteiger partial charge in [-0.1, -0.05) is 6.07 Å². The number of benzene rings is 2. The van der Waals surface area contributed by atoms with Crippen LogP contribution in [0.15, 0.2) is 91.5 Å². The zero-order valence-electron chi connectivity index (χ0n) is 29.1. The van der Waals surface area contributed by atoms with Crippen molar-refractivity contribution in [2.45, 2.75) is 39.0 Å². The molecule has 0 aliphatic heterocycles. The molecule has 2 aromatic carbocycles. The van der Waals surface area contributed by atoms with E-state index < -0.39 is 0 Å². The molecule has 12 heteroatoms. The summed E-state index contributed by atoms with van der Waals surface area (Å²) in [6.45, 7) is 2.12. The number of hydrogen-bond acceptors (Lipinski definition) is 8. The molecule has 0 aliphatic carbocycles. The first-order valence-corrected chi connectivity index (χ1v) is 17.5. The van der Waals surface area contributed by atoms with Crippen molar-refractivity contribution in [3.8, 4) is 0 Å². The van der Waals surface area contributed by atoms with Crippen molar-refractivity contribution in [3.63, 3.8) is 0 Å². The van der Waals surface area contributed by atoms with Crippen LogP contribution >= 0.6 is 0 Å². The van der Waals surface area contributed by atoms with E-state index in [-0.39, 0.29) is 0 Å². The molecule has 0 bridgehead atoms. The van der Waals surface area contributed by atoms with Crippen molar-refractivity contribution >= 4 is 55.2 Å². The van der Waals surface area contributed by atoms with Crippen LogP contribution in [0.2, 0.25) is 0 Å². The van der Waals surface area contributed by atoms with Gasteiger partial charge < -0.3 is 9.13 Å². The van der Waals surface area contributed by atoms with E-state index in [4.69, 9.17) is 25.0 Å². The summed E-state index contributed by atoms with van der Waals surface area (Å²) in [5, 5.41) is 11.6. The molecule has 8 aromatic heterocycles. The highest BCUT2D eigenvalue weighted by atomic mass is 15.3. The van der Waals surface area contributed by atoms with Gasteiger partial charge in [0, 0.05) is 75.3 Å². The van der Waals surface area contributed by atoms with Gasteiger partial charge in [0.25, 0.3) is 0 Å². The fourth-order valence-corrected chi connectivity index (χ4v) is 7.62. The summed E-state index contributed by atoms with van der Waals surface area (Å²) in [5.41, 5.74) is 11.3. The maximum atomic E-state index is 5.11. The van der Waals surface area contributed by atoms with Crippen molar-refractivity contribution in [1.82, 2.24) is 58.3 Å². The van der Waals surface area contributed by atoms with Crippen molar-refractivity contribution in [2.75, 3.05) is 0 Å². The highest BCUT2D eigenvalue weighted by molar-refractivity contribution is 6.05. The maximum absolute atomic E-state index is 5.11. The summed E-state index contributed by atoms with van der Waals surface area (Å²) in [7, 11) is 4.18. The largest absolute Gasteiger partial charge is 0.331 e. The molecule has 8 heterocycles. The Labute approximate surface area is 297 Å². The molecule has 0 unspecified atom stereocenters. The summed E-state index contributed by atoms with van der Waals surface area (Å²) in [5.74, 6) is 3.60. The lowest BCUT2D eigenvalue weighted by Gasteiger charge is -2.08. The third-order valence-corrected chi connectivity index (χ3v) is 10.2. The van der Waals surface area contributed by atoms with E-state index >= 15 is 0 Å². The van der Waals surface area contributed by atoms with E-state index in [0.717, 1.165) is 102 Å². The van der Waals surface area contributed by atoms with E-state index in [2.05, 4.69) is 81.6 Å². The van der Waals surface area contributed by atoms with E-state index in [1.807, 2.05) is 64.2 Å². The molecule has 52 heavy (non-hydrogen) atoms. The molecule has 0 saturated heterocycles. The van der Waals surface area contributed by atoms with Crippen LogP contribution in [0.25, 0.3) is 55.2 Å². The molecular formula is C40H34N12. The fraction of sp³-hybridized carbons (Fsp3) is 0.200. The van der Waals surface area contributed by atoms with E-state index in [0.29, 0.717) is 19.3 Å². The zero-order valence-corrected chi connectivity index (χ0v) is 29.1. The zero-order chi connectivity index (χ0) is 34.9. The first-order chi connectivity index (χ1) is 25.5. The highest BCUT2D eigenvalue weighted by Gasteiger charge is 2.18. The second-order valence-electron chi connectivity index (χ2n) is 13.5. The summed E-state index contributed by atoms with van der Waals surface area (Å²) in [6.07, 6.45) is 11.2. The first kappa shape index (κ1) is 30.3. The maximum Gasteiger partial charge on any atom is 0.155 e. The van der Waals surface area contributed by atoms with Crippen LogP contribution in [0, 0.1) is 6.92 Å². The average Bonchev–Trinajstić information content (AvgIpc) is 3.93. The third kappa shape index (κ3) is 4.97. The number of pyridine rings is 4. The Bertz CT molecular complexity index is 2970. The number of rotatable bonds is 8. The van der Waals surface area contributed by atoms with Crippen molar-refractivity contribution in [1.29, 1.82) is 0 Å². The minimum absolute atomic E-state index is 0.685. The quantitative estimate of drug-likeness (QED) is 0.188. The van der Waals surface area contributed by atoms with Crippen LogP contribution in [0.5, 0.6) is 0 Å². The van der Waals surface area contributed by atoms with Crippen LogP contribution < -0.4 is 0 Å². The molecule has 0 spiro atoms. The normalized spacial score (nSPS) is 12.1. The Morgan fingerprint density at radius 1 is 0.596 bits per heavy atom. The van der Waals surface area contributed by atoms with Gasteiger partial charge in [0.15, 0.2) is 22.9 Å². The third-order valence-electron chi connectivity index (χ3n) is 10.2. The van der Waals surface area contributed by atoms with Crippen LogP contribution in [0.4, 0.5) is 0 Å². The Morgan fingerprint density at radius 2 is 1.33 bits per heavy atom. The topological polar surface area (TPSA) is 122 Å². The number of imidazole rings is 2. The van der Waals surface area contributed by atoms with Crippen molar-refractivity contribution < 1.29 is 0 Å². The second kappa shape index (κ2) is 11.8. The minimum atomic E-state index is 0.685. The van der Waals surface area contributed by atoms with Crippen LogP contribution in [-0.2, 0) is 46.2 Å². The lowest BCUT2D eigenvalue weighted by atomic mass is 10.0. The molecule has 0 N–H and O–H groups in total. The predicted octanol–water partition coefficient (Wildman–Crippen LogP) is 6.11. The number of hydrogen-bond donors (Lipinski definition) is 0. The summed E-state index contributed by atoms with van der Waals surface area (Å²) >= 11 is 0.